The summed E-state index contributed by atoms with van der Waals surface area (Å²) in [7, 11) is 1.61. The van der Waals surface area contributed by atoms with Crippen LogP contribution in [-0.4, -0.2) is 31.3 Å². The van der Waals surface area contributed by atoms with Gasteiger partial charge in [-0.2, -0.15) is 0 Å². The van der Waals surface area contributed by atoms with Crippen LogP contribution in [0.3, 0.4) is 0 Å². The zero-order chi connectivity index (χ0) is 20.8. The molecule has 0 fully saturated rings. The molecule has 2 aromatic rings. The maximum absolute atomic E-state index is 15.1. The van der Waals surface area contributed by atoms with Crippen LogP contribution in [0.15, 0.2) is 41.5 Å². The number of rotatable bonds is 8. The van der Waals surface area contributed by atoms with Gasteiger partial charge in [-0.3, -0.25) is 9.63 Å². The number of nitrogens with zero attached hydrogens (tertiary/aromatic N) is 1. The summed E-state index contributed by atoms with van der Waals surface area (Å²) in [6.45, 7) is 3.20. The highest BCUT2D eigenvalue weighted by atomic mass is 79.9. The number of aliphatic hydroxyl groups excluding tert-OH is 1. The average Bonchev–Trinajstić information content (AvgIpc) is 2.67. The van der Waals surface area contributed by atoms with E-state index in [2.05, 4.69) is 33.3 Å². The van der Waals surface area contributed by atoms with Crippen LogP contribution in [-0.2, 0) is 4.84 Å². The van der Waals surface area contributed by atoms with Crippen molar-refractivity contribution >= 4 is 56.2 Å². The Kier molecular flexibility index (Phi) is 7.64. The first kappa shape index (κ1) is 22.0. The zero-order valence-electron chi connectivity index (χ0n) is 14.9. The topological polar surface area (TPSA) is 99.9 Å². The fourth-order valence-electron chi connectivity index (χ4n) is 2.29. The number of nitrogens with one attached hydrogen (secondary N) is 2. The Labute approximate surface area is 175 Å². The van der Waals surface area contributed by atoms with E-state index in [-0.39, 0.29) is 35.8 Å². The molecule has 0 aromatic heterocycles. The Hall–Kier alpha value is -2.33. The molecule has 0 unspecified atom stereocenters. The van der Waals surface area contributed by atoms with E-state index in [1.165, 1.54) is 17.2 Å². The van der Waals surface area contributed by atoms with Crippen molar-refractivity contribution in [3.05, 3.63) is 57.9 Å². The summed E-state index contributed by atoms with van der Waals surface area (Å²) in [5.74, 6) is -1.57. The molecule has 0 spiro atoms. The molecule has 0 saturated carbocycles. The summed E-state index contributed by atoms with van der Waals surface area (Å²) >= 11 is 9.48. The molecule has 0 atom stereocenters. The Morgan fingerprint density at radius 2 is 2.21 bits per heavy atom. The lowest BCUT2D eigenvalue weighted by Gasteiger charge is -2.21. The molecule has 5 N–H and O–H groups in total. The van der Waals surface area contributed by atoms with Crippen LogP contribution in [0.25, 0.3) is 0 Å². The maximum Gasteiger partial charge on any atom is 0.277 e. The quantitative estimate of drug-likeness (QED) is 0.264. The molecule has 0 saturated heterocycles. The second-order valence-electron chi connectivity index (χ2n) is 5.59. The minimum atomic E-state index is -0.836. The summed E-state index contributed by atoms with van der Waals surface area (Å²) in [6.07, 6.45) is 1.42. The Balaban J connectivity index is 2.55. The SMILES string of the molecule is C=CN(C)c1cc(C(=O)NOCCO)c(Nc2ccc(Br)cc2Cl)c(F)c1N. The van der Waals surface area contributed by atoms with Crippen LogP contribution in [0.5, 0.6) is 0 Å². The number of carbonyl (C=O) groups excluding carboxylic acids is 1. The second kappa shape index (κ2) is 9.74. The van der Waals surface area contributed by atoms with E-state index in [9.17, 15) is 4.79 Å². The normalized spacial score (nSPS) is 10.5. The maximum atomic E-state index is 15.1. The van der Waals surface area contributed by atoms with Gasteiger partial charge in [0, 0.05) is 11.5 Å². The van der Waals surface area contributed by atoms with Crippen molar-refractivity contribution < 1.29 is 19.1 Å². The number of hydrogen-bond acceptors (Lipinski definition) is 6. The number of hydrogen-bond donors (Lipinski definition) is 4. The first-order valence-electron chi connectivity index (χ1n) is 8.02. The third-order valence-corrected chi connectivity index (χ3v) is 4.54. The Morgan fingerprint density at radius 3 is 2.82 bits per heavy atom. The third kappa shape index (κ3) is 4.93. The predicted molar refractivity (Wildman–Crippen MR) is 112 cm³/mol. The highest BCUT2D eigenvalue weighted by Crippen LogP contribution is 2.37. The molecule has 1 amide bonds. The molecule has 0 bridgehead atoms. The number of halogens is 3. The molecule has 28 heavy (non-hydrogen) atoms. The zero-order valence-corrected chi connectivity index (χ0v) is 17.3. The number of amides is 1. The molecule has 0 aliphatic rings. The highest BCUT2D eigenvalue weighted by Gasteiger charge is 2.23. The predicted octanol–water partition coefficient (Wildman–Crippen LogP) is 3.80. The Morgan fingerprint density at radius 1 is 1.50 bits per heavy atom. The van der Waals surface area contributed by atoms with Crippen molar-refractivity contribution in [2.45, 2.75) is 0 Å². The smallest absolute Gasteiger partial charge is 0.277 e. The van der Waals surface area contributed by atoms with Crippen molar-refractivity contribution in [2.24, 2.45) is 0 Å². The summed E-state index contributed by atoms with van der Waals surface area (Å²) in [4.78, 5) is 18.9. The van der Waals surface area contributed by atoms with Crippen molar-refractivity contribution in [2.75, 3.05) is 36.2 Å². The van der Waals surface area contributed by atoms with E-state index >= 15 is 4.39 Å². The van der Waals surface area contributed by atoms with Gasteiger partial charge in [0.05, 0.1) is 46.5 Å². The minimum Gasteiger partial charge on any atom is -0.395 e. The van der Waals surface area contributed by atoms with Crippen molar-refractivity contribution in [1.29, 1.82) is 0 Å². The van der Waals surface area contributed by atoms with Crippen molar-refractivity contribution in [3.63, 3.8) is 0 Å². The standard InChI is InChI=1S/C18H19BrClFN4O3/c1-3-25(2)14-9-11(18(27)24-28-7-6-26)17(15(21)16(14)22)23-13-5-4-10(19)8-12(13)20/h3-5,8-9,23,26H,1,6-7,22H2,2H3,(H,24,27). The van der Waals surface area contributed by atoms with Gasteiger partial charge in [-0.1, -0.05) is 34.1 Å². The van der Waals surface area contributed by atoms with Gasteiger partial charge in [-0.15, -0.1) is 0 Å². The van der Waals surface area contributed by atoms with Crippen LogP contribution < -0.4 is 21.4 Å². The number of benzene rings is 2. The van der Waals surface area contributed by atoms with Gasteiger partial charge in [0.2, 0.25) is 0 Å². The first-order valence-corrected chi connectivity index (χ1v) is 9.19. The van der Waals surface area contributed by atoms with Crippen LogP contribution >= 0.6 is 27.5 Å². The molecule has 150 valence electrons. The summed E-state index contributed by atoms with van der Waals surface area (Å²) in [5, 5.41) is 11.9. The molecule has 0 heterocycles. The van der Waals surface area contributed by atoms with E-state index in [4.69, 9.17) is 27.3 Å². The van der Waals surface area contributed by atoms with Gasteiger partial charge in [0.25, 0.3) is 5.91 Å². The molecule has 7 nitrogen and oxygen atoms in total. The van der Waals surface area contributed by atoms with E-state index in [0.717, 1.165) is 4.47 Å². The van der Waals surface area contributed by atoms with Crippen LogP contribution in [0.2, 0.25) is 5.02 Å². The summed E-state index contributed by atoms with van der Waals surface area (Å²) in [5.41, 5.74) is 8.27. The average molecular weight is 474 g/mol. The van der Waals surface area contributed by atoms with Crippen molar-refractivity contribution in [3.8, 4) is 0 Å². The van der Waals surface area contributed by atoms with Crippen LogP contribution in [0.1, 0.15) is 10.4 Å². The Bertz CT molecular complexity index is 898. The number of carbonyl (C=O) groups is 1. The number of aliphatic hydroxyl groups is 1. The molecule has 0 aliphatic carbocycles. The van der Waals surface area contributed by atoms with Crippen LogP contribution in [0.4, 0.5) is 27.1 Å². The fourth-order valence-corrected chi connectivity index (χ4v) is 3.01. The summed E-state index contributed by atoms with van der Waals surface area (Å²) in [6, 6.07) is 6.34. The van der Waals surface area contributed by atoms with Gasteiger partial charge in [0.15, 0.2) is 5.82 Å². The van der Waals surface area contributed by atoms with Crippen molar-refractivity contribution in [1.82, 2.24) is 5.48 Å². The van der Waals surface area contributed by atoms with E-state index in [1.54, 1.807) is 25.2 Å². The van der Waals surface area contributed by atoms with E-state index in [1.807, 2.05) is 0 Å². The minimum absolute atomic E-state index is 0.0766. The number of anilines is 4. The fraction of sp³-hybridized carbons (Fsp3) is 0.167. The van der Waals surface area contributed by atoms with Crippen LogP contribution in [0, 0.1) is 5.82 Å². The lowest BCUT2D eigenvalue weighted by molar-refractivity contribution is 0.0169. The molecular formula is C18H19BrClFN4O3. The molecule has 2 rings (SSSR count). The van der Waals surface area contributed by atoms with Gasteiger partial charge >= 0.3 is 0 Å². The molecule has 0 aliphatic heterocycles. The lowest BCUT2D eigenvalue weighted by atomic mass is 10.1. The first-order chi connectivity index (χ1) is 13.3. The lowest BCUT2D eigenvalue weighted by Crippen LogP contribution is -2.27. The third-order valence-electron chi connectivity index (χ3n) is 3.73. The molecular weight excluding hydrogens is 455 g/mol. The van der Waals surface area contributed by atoms with E-state index in [0.29, 0.717) is 10.7 Å². The molecule has 10 heteroatoms. The number of nitrogens with two attached hydrogens (primary N) is 1. The van der Waals surface area contributed by atoms with Gasteiger partial charge in [-0.25, -0.2) is 9.87 Å². The monoisotopic (exact) mass is 472 g/mol. The largest absolute Gasteiger partial charge is 0.395 e. The number of nitrogen functional groups attached to an aromatic ring is 1. The second-order valence-corrected chi connectivity index (χ2v) is 6.91. The van der Waals surface area contributed by atoms with Gasteiger partial charge < -0.3 is 21.1 Å². The van der Waals surface area contributed by atoms with E-state index < -0.39 is 11.7 Å². The van der Waals surface area contributed by atoms with Gasteiger partial charge in [0.1, 0.15) is 0 Å². The summed E-state index contributed by atoms with van der Waals surface area (Å²) < 4.78 is 15.8. The van der Waals surface area contributed by atoms with Gasteiger partial charge in [-0.05, 0) is 30.5 Å². The molecule has 0 radical (unpaired) electrons. The highest BCUT2D eigenvalue weighted by molar-refractivity contribution is 9.10. The molecule has 2 aromatic carbocycles. The number of hydroxylamine groups is 1.